The van der Waals surface area contributed by atoms with Crippen LogP contribution in [0.3, 0.4) is 0 Å². The van der Waals surface area contributed by atoms with Gasteiger partial charge in [0.2, 0.25) is 5.91 Å². The van der Waals surface area contributed by atoms with Gasteiger partial charge in [0.25, 0.3) is 0 Å². The van der Waals surface area contributed by atoms with E-state index in [1.807, 2.05) is 32.1 Å². The van der Waals surface area contributed by atoms with E-state index < -0.39 is 18.1 Å². The minimum Gasteiger partial charge on any atom is -0.456 e. The van der Waals surface area contributed by atoms with Gasteiger partial charge in [-0.15, -0.1) is 0 Å². The number of benzene rings is 1. The second-order valence-electron chi connectivity index (χ2n) is 8.38. The lowest BCUT2D eigenvalue weighted by molar-refractivity contribution is -0.132. The third kappa shape index (κ3) is 4.98. The highest BCUT2D eigenvalue weighted by Gasteiger charge is 2.48. The van der Waals surface area contributed by atoms with Gasteiger partial charge in [0.1, 0.15) is 12.1 Å². The molecule has 0 bridgehead atoms. The molecular formula is C22H32N2O3. The molecule has 0 spiro atoms. The number of ether oxygens (including phenoxy) is 1. The Kier molecular flexibility index (Phi) is 6.82. The molecule has 1 aliphatic rings. The van der Waals surface area contributed by atoms with Gasteiger partial charge in [0.05, 0.1) is 11.7 Å². The summed E-state index contributed by atoms with van der Waals surface area (Å²) in [5, 5.41) is 3.42. The van der Waals surface area contributed by atoms with Crippen LogP contribution in [0.15, 0.2) is 42.5 Å². The summed E-state index contributed by atoms with van der Waals surface area (Å²) in [4.78, 5) is 27.4. The van der Waals surface area contributed by atoms with Gasteiger partial charge < -0.3 is 9.64 Å². The molecule has 1 saturated heterocycles. The zero-order valence-electron chi connectivity index (χ0n) is 17.2. The number of carbonyl (C=O) groups excluding carboxylic acids is 2. The van der Waals surface area contributed by atoms with Crippen LogP contribution >= 0.6 is 0 Å². The summed E-state index contributed by atoms with van der Waals surface area (Å²) in [5.41, 5.74) is 0.367. The number of rotatable bonds is 6. The molecular weight excluding hydrogens is 340 g/mol. The van der Waals surface area contributed by atoms with E-state index in [2.05, 4.69) is 26.1 Å². The lowest BCUT2D eigenvalue weighted by Crippen LogP contribution is -2.49. The first-order chi connectivity index (χ1) is 12.7. The van der Waals surface area contributed by atoms with Crippen LogP contribution in [0.25, 0.3) is 0 Å². The average molecular weight is 373 g/mol. The van der Waals surface area contributed by atoms with Gasteiger partial charge in [0.15, 0.2) is 0 Å². The Bertz CT molecular complexity index is 679. The molecule has 1 heterocycles. The van der Waals surface area contributed by atoms with E-state index in [1.54, 1.807) is 36.2 Å². The molecule has 4 atom stereocenters. The molecule has 5 heteroatoms. The van der Waals surface area contributed by atoms with Gasteiger partial charge in [-0.1, -0.05) is 58.0 Å². The number of likely N-dealkylation sites (N-methyl/N-ethyl adjacent to an activating group) is 1. The number of nitrogens with zero attached hydrogens (tertiary/aromatic N) is 1. The molecule has 148 valence electrons. The van der Waals surface area contributed by atoms with Gasteiger partial charge in [-0.25, -0.2) is 4.79 Å². The molecule has 1 aromatic carbocycles. The highest BCUT2D eigenvalue weighted by Crippen LogP contribution is 2.30. The van der Waals surface area contributed by atoms with Crippen LogP contribution in [0, 0.1) is 11.3 Å². The second kappa shape index (κ2) is 8.70. The maximum atomic E-state index is 13.0. The number of amides is 1. The minimum absolute atomic E-state index is 0.00225. The predicted molar refractivity (Wildman–Crippen MR) is 107 cm³/mol. The summed E-state index contributed by atoms with van der Waals surface area (Å²) in [7, 11) is 1.80. The van der Waals surface area contributed by atoms with Crippen molar-refractivity contribution in [1.29, 1.82) is 0 Å². The minimum atomic E-state index is -0.549. The molecule has 1 fully saturated rings. The fourth-order valence-corrected chi connectivity index (χ4v) is 3.53. The van der Waals surface area contributed by atoms with Gasteiger partial charge in [0, 0.05) is 7.05 Å². The Labute approximate surface area is 162 Å². The quantitative estimate of drug-likeness (QED) is 0.612. The molecule has 0 radical (unpaired) electrons. The molecule has 4 unspecified atom stereocenters. The van der Waals surface area contributed by atoms with Crippen molar-refractivity contribution in [2.75, 3.05) is 7.05 Å². The lowest BCUT2D eigenvalue weighted by Gasteiger charge is -2.32. The second-order valence-corrected chi connectivity index (χ2v) is 8.38. The number of nitrogens with one attached hydrogen (secondary N) is 1. The normalized spacial score (nSPS) is 22.9. The number of hydrogen-bond donors (Lipinski definition) is 1. The molecule has 2 rings (SSSR count). The zero-order valence-corrected chi connectivity index (χ0v) is 17.2. The standard InChI is InChI=1S/C22H32N2O3/c1-7-8-12-15(2)18(27-20(26)16-13-10-9-11-14-16)17-19(25)24(6)21(23-17)22(3,4)5/h7-11,13-15,17-18,21,23H,12H2,1-6H3/b8-7+. The predicted octanol–water partition coefficient (Wildman–Crippen LogP) is 3.62. The van der Waals surface area contributed by atoms with Crippen LogP contribution in [-0.2, 0) is 9.53 Å². The van der Waals surface area contributed by atoms with Gasteiger partial charge in [-0.2, -0.15) is 0 Å². The Hall–Kier alpha value is -2.14. The number of carbonyl (C=O) groups is 2. The van der Waals surface area contributed by atoms with Crippen molar-refractivity contribution in [1.82, 2.24) is 10.2 Å². The summed E-state index contributed by atoms with van der Waals surface area (Å²) in [6.45, 7) is 10.2. The molecule has 1 amide bonds. The molecule has 5 nitrogen and oxygen atoms in total. The molecule has 0 saturated carbocycles. The van der Waals surface area contributed by atoms with Crippen LogP contribution in [-0.4, -0.2) is 42.1 Å². The van der Waals surface area contributed by atoms with E-state index in [0.29, 0.717) is 5.56 Å². The molecule has 1 aromatic rings. The van der Waals surface area contributed by atoms with Crippen molar-refractivity contribution < 1.29 is 14.3 Å². The molecule has 27 heavy (non-hydrogen) atoms. The fourth-order valence-electron chi connectivity index (χ4n) is 3.53. The summed E-state index contributed by atoms with van der Waals surface area (Å²) in [6, 6.07) is 8.36. The summed E-state index contributed by atoms with van der Waals surface area (Å²) >= 11 is 0. The average Bonchev–Trinajstić information content (AvgIpc) is 2.93. The van der Waals surface area contributed by atoms with Crippen molar-refractivity contribution in [3.05, 3.63) is 48.0 Å². The monoisotopic (exact) mass is 372 g/mol. The van der Waals surface area contributed by atoms with Gasteiger partial charge in [-0.05, 0) is 36.8 Å². The van der Waals surface area contributed by atoms with Gasteiger partial charge >= 0.3 is 5.97 Å². The first-order valence-corrected chi connectivity index (χ1v) is 9.56. The summed E-state index contributed by atoms with van der Waals surface area (Å²) in [6.07, 6.45) is 4.09. The maximum absolute atomic E-state index is 13.0. The highest BCUT2D eigenvalue weighted by molar-refractivity contribution is 5.90. The Balaban J connectivity index is 2.27. The first-order valence-electron chi connectivity index (χ1n) is 9.56. The number of hydrogen-bond acceptors (Lipinski definition) is 4. The van der Waals surface area contributed by atoms with E-state index in [9.17, 15) is 9.59 Å². The largest absolute Gasteiger partial charge is 0.456 e. The van der Waals surface area contributed by atoms with Crippen LogP contribution in [0.1, 0.15) is 51.4 Å². The maximum Gasteiger partial charge on any atom is 0.338 e. The van der Waals surface area contributed by atoms with Crippen LogP contribution in [0.4, 0.5) is 0 Å². The smallest absolute Gasteiger partial charge is 0.338 e. The van der Waals surface area contributed by atoms with Crippen LogP contribution in [0.2, 0.25) is 0 Å². The van der Waals surface area contributed by atoms with Crippen molar-refractivity contribution in [3.8, 4) is 0 Å². The van der Waals surface area contributed by atoms with E-state index in [1.165, 1.54) is 0 Å². The molecule has 0 aromatic heterocycles. The van der Waals surface area contributed by atoms with Crippen LogP contribution < -0.4 is 5.32 Å². The molecule has 0 aliphatic carbocycles. The van der Waals surface area contributed by atoms with Crippen molar-refractivity contribution in [2.24, 2.45) is 11.3 Å². The van der Waals surface area contributed by atoms with Gasteiger partial charge in [-0.3, -0.25) is 10.1 Å². The van der Waals surface area contributed by atoms with E-state index >= 15 is 0 Å². The summed E-state index contributed by atoms with van der Waals surface area (Å²) < 4.78 is 5.88. The van der Waals surface area contributed by atoms with E-state index in [4.69, 9.17) is 4.74 Å². The third-order valence-electron chi connectivity index (χ3n) is 5.04. The Morgan fingerprint density at radius 3 is 2.44 bits per heavy atom. The number of allylic oxidation sites excluding steroid dienone is 2. The fraction of sp³-hybridized carbons (Fsp3) is 0.545. The Morgan fingerprint density at radius 1 is 1.30 bits per heavy atom. The molecule has 1 aliphatic heterocycles. The van der Waals surface area contributed by atoms with Crippen molar-refractivity contribution in [3.63, 3.8) is 0 Å². The summed E-state index contributed by atoms with van der Waals surface area (Å²) in [5.74, 6) is -0.431. The Morgan fingerprint density at radius 2 is 1.93 bits per heavy atom. The topological polar surface area (TPSA) is 58.6 Å². The lowest BCUT2D eigenvalue weighted by atomic mass is 9.91. The van der Waals surface area contributed by atoms with Crippen molar-refractivity contribution >= 4 is 11.9 Å². The SMILES string of the molecule is C/C=C/CC(C)C(OC(=O)c1ccccc1)C1NC(C(C)(C)C)N(C)C1=O. The van der Waals surface area contributed by atoms with Crippen molar-refractivity contribution in [2.45, 2.75) is 59.4 Å². The number of esters is 1. The van der Waals surface area contributed by atoms with E-state index in [0.717, 1.165) is 6.42 Å². The first kappa shape index (κ1) is 21.2. The van der Waals surface area contributed by atoms with Crippen LogP contribution in [0.5, 0.6) is 0 Å². The molecule has 1 N–H and O–H groups in total. The third-order valence-corrected chi connectivity index (χ3v) is 5.04. The van der Waals surface area contributed by atoms with E-state index in [-0.39, 0.29) is 23.4 Å². The zero-order chi connectivity index (χ0) is 20.2. The highest BCUT2D eigenvalue weighted by atomic mass is 16.5.